The van der Waals surface area contributed by atoms with Gasteiger partial charge in [-0.05, 0) is 12.1 Å². The Morgan fingerprint density at radius 3 is 2.38 bits per heavy atom. The van der Waals surface area contributed by atoms with Gasteiger partial charge in [0, 0.05) is 0 Å². The highest BCUT2D eigenvalue weighted by molar-refractivity contribution is 6.33. The first-order chi connectivity index (χ1) is 7.27. The lowest BCUT2D eigenvalue weighted by atomic mass is 10.1. The average Bonchev–Trinajstić information content (AvgIpc) is 2.18. The second-order valence-electron chi connectivity index (χ2n) is 2.80. The summed E-state index contributed by atoms with van der Waals surface area (Å²) in [6.45, 7) is 0. The van der Waals surface area contributed by atoms with E-state index in [4.69, 9.17) is 11.6 Å². The molecule has 1 rings (SSSR count). The normalized spacial score (nSPS) is 11.4. The van der Waals surface area contributed by atoms with Crippen molar-refractivity contribution < 1.29 is 27.1 Å². The van der Waals surface area contributed by atoms with E-state index in [9.17, 15) is 22.4 Å². The maximum absolute atomic E-state index is 13.0. The van der Waals surface area contributed by atoms with Gasteiger partial charge in [-0.3, -0.25) is 0 Å². The van der Waals surface area contributed by atoms with Crippen molar-refractivity contribution in [3.05, 3.63) is 34.1 Å². The number of carbonyl (C=O) groups excluding carboxylic acids is 1. The number of rotatable bonds is 1. The summed E-state index contributed by atoms with van der Waals surface area (Å²) in [5, 5.41) is -0.513. The van der Waals surface area contributed by atoms with Gasteiger partial charge in [0.05, 0.1) is 23.3 Å². The van der Waals surface area contributed by atoms with Crippen molar-refractivity contribution in [2.45, 2.75) is 6.18 Å². The van der Waals surface area contributed by atoms with Crippen molar-refractivity contribution in [2.75, 3.05) is 7.11 Å². The number of hydrogen-bond acceptors (Lipinski definition) is 2. The average molecular weight is 257 g/mol. The monoisotopic (exact) mass is 256 g/mol. The Morgan fingerprint density at radius 2 is 1.94 bits per heavy atom. The number of hydrogen-bond donors (Lipinski definition) is 0. The van der Waals surface area contributed by atoms with Crippen molar-refractivity contribution in [1.29, 1.82) is 0 Å². The van der Waals surface area contributed by atoms with E-state index in [-0.39, 0.29) is 0 Å². The number of esters is 1. The fraction of sp³-hybridized carbons (Fsp3) is 0.222. The lowest BCUT2D eigenvalue weighted by Crippen LogP contribution is -2.11. The molecule has 7 heteroatoms. The van der Waals surface area contributed by atoms with Crippen LogP contribution in [-0.2, 0) is 10.9 Å². The molecule has 0 atom stereocenters. The van der Waals surface area contributed by atoms with E-state index in [2.05, 4.69) is 4.74 Å². The summed E-state index contributed by atoms with van der Waals surface area (Å²) in [6.07, 6.45) is -4.86. The third-order valence-electron chi connectivity index (χ3n) is 1.77. The number of alkyl halides is 3. The topological polar surface area (TPSA) is 26.3 Å². The van der Waals surface area contributed by atoms with Gasteiger partial charge in [0.25, 0.3) is 0 Å². The van der Waals surface area contributed by atoms with E-state index in [1.54, 1.807) is 0 Å². The quantitative estimate of drug-likeness (QED) is 0.569. The predicted molar refractivity (Wildman–Crippen MR) is 47.8 cm³/mol. The van der Waals surface area contributed by atoms with E-state index in [1.165, 1.54) is 0 Å². The van der Waals surface area contributed by atoms with Crippen LogP contribution in [0.4, 0.5) is 17.6 Å². The Hall–Kier alpha value is -1.30. The second-order valence-corrected chi connectivity index (χ2v) is 3.21. The molecule has 88 valence electrons. The van der Waals surface area contributed by atoms with Crippen molar-refractivity contribution in [2.24, 2.45) is 0 Å². The van der Waals surface area contributed by atoms with Crippen LogP contribution in [0.2, 0.25) is 5.02 Å². The molecule has 0 aliphatic rings. The molecule has 1 aromatic carbocycles. The molecule has 0 saturated heterocycles. The van der Waals surface area contributed by atoms with Gasteiger partial charge in [0.15, 0.2) is 0 Å². The summed E-state index contributed by atoms with van der Waals surface area (Å²) in [7, 11) is 1.01. The van der Waals surface area contributed by atoms with Gasteiger partial charge < -0.3 is 4.74 Å². The Balaban J connectivity index is 3.33. The van der Waals surface area contributed by atoms with Crippen LogP contribution >= 0.6 is 11.6 Å². The van der Waals surface area contributed by atoms with E-state index < -0.39 is 34.1 Å². The minimum Gasteiger partial charge on any atom is -0.465 e. The molecule has 0 spiro atoms. The Labute approximate surface area is 92.8 Å². The Morgan fingerprint density at radius 1 is 1.38 bits per heavy atom. The van der Waals surface area contributed by atoms with Crippen LogP contribution in [0.1, 0.15) is 15.9 Å². The van der Waals surface area contributed by atoms with E-state index in [0.717, 1.165) is 7.11 Å². The van der Waals surface area contributed by atoms with Crippen LogP contribution in [0.15, 0.2) is 12.1 Å². The molecule has 0 saturated carbocycles. The van der Waals surface area contributed by atoms with Crippen LogP contribution < -0.4 is 0 Å². The molecule has 0 N–H and O–H groups in total. The maximum Gasteiger partial charge on any atom is 0.419 e. The molecule has 0 aliphatic heterocycles. The fourth-order valence-corrected chi connectivity index (χ4v) is 1.27. The zero-order valence-corrected chi connectivity index (χ0v) is 8.62. The van der Waals surface area contributed by atoms with Gasteiger partial charge in [-0.25, -0.2) is 9.18 Å². The molecule has 0 fully saturated rings. The summed E-state index contributed by atoms with van der Waals surface area (Å²) < 4.78 is 53.9. The van der Waals surface area contributed by atoms with Crippen LogP contribution in [0.25, 0.3) is 0 Å². The van der Waals surface area contributed by atoms with Crippen molar-refractivity contribution >= 4 is 17.6 Å². The minimum atomic E-state index is -4.86. The van der Waals surface area contributed by atoms with Gasteiger partial charge >= 0.3 is 12.1 Å². The summed E-state index contributed by atoms with van der Waals surface area (Å²) >= 11 is 5.41. The van der Waals surface area contributed by atoms with E-state index >= 15 is 0 Å². The van der Waals surface area contributed by atoms with Gasteiger partial charge in [0.2, 0.25) is 0 Å². The smallest absolute Gasteiger partial charge is 0.419 e. The van der Waals surface area contributed by atoms with Crippen LogP contribution in [-0.4, -0.2) is 13.1 Å². The van der Waals surface area contributed by atoms with Crippen LogP contribution in [0.3, 0.4) is 0 Å². The molecule has 0 unspecified atom stereocenters. The summed E-state index contributed by atoms with van der Waals surface area (Å²) in [5.41, 5.74) is -1.97. The van der Waals surface area contributed by atoms with Gasteiger partial charge in [-0.15, -0.1) is 0 Å². The van der Waals surface area contributed by atoms with Crippen molar-refractivity contribution in [3.63, 3.8) is 0 Å². The highest BCUT2D eigenvalue weighted by atomic mass is 35.5. The predicted octanol–water partition coefficient (Wildman–Crippen LogP) is 3.28. The highest BCUT2D eigenvalue weighted by Crippen LogP contribution is 2.34. The maximum atomic E-state index is 13.0. The molecule has 0 bridgehead atoms. The summed E-state index contributed by atoms with van der Waals surface area (Å²) in [5.74, 6) is -2.57. The Bertz CT molecular complexity index is 428. The standard InChI is InChI=1S/C9H5ClF4O2/c1-16-8(15)4-2-7(11)5(3-6(4)10)9(12,13)14/h2-3H,1H3. The third kappa shape index (κ3) is 2.44. The van der Waals surface area contributed by atoms with E-state index in [1.807, 2.05) is 0 Å². The van der Waals surface area contributed by atoms with Gasteiger partial charge in [0.1, 0.15) is 5.82 Å². The summed E-state index contributed by atoms with van der Waals surface area (Å²) in [6, 6.07) is 0.750. The molecule has 1 aromatic rings. The molecular formula is C9H5ClF4O2. The molecule has 16 heavy (non-hydrogen) atoms. The minimum absolute atomic E-state index is 0.350. The van der Waals surface area contributed by atoms with Crippen LogP contribution in [0.5, 0.6) is 0 Å². The molecule has 0 aromatic heterocycles. The molecule has 2 nitrogen and oxygen atoms in total. The fourth-order valence-electron chi connectivity index (χ4n) is 1.03. The molecular weight excluding hydrogens is 252 g/mol. The van der Waals surface area contributed by atoms with Crippen molar-refractivity contribution in [1.82, 2.24) is 0 Å². The van der Waals surface area contributed by atoms with E-state index in [0.29, 0.717) is 12.1 Å². The van der Waals surface area contributed by atoms with Crippen LogP contribution in [0, 0.1) is 5.82 Å². The largest absolute Gasteiger partial charge is 0.465 e. The second kappa shape index (κ2) is 4.29. The lowest BCUT2D eigenvalue weighted by molar-refractivity contribution is -0.140. The number of methoxy groups -OCH3 is 1. The lowest BCUT2D eigenvalue weighted by Gasteiger charge is -2.10. The molecule has 0 amide bonds. The van der Waals surface area contributed by atoms with Gasteiger partial charge in [-0.2, -0.15) is 13.2 Å². The first-order valence-corrected chi connectivity index (χ1v) is 4.29. The number of benzene rings is 1. The number of carbonyl (C=O) groups is 1. The SMILES string of the molecule is COC(=O)c1cc(F)c(C(F)(F)F)cc1Cl. The Kier molecular flexibility index (Phi) is 3.42. The first-order valence-electron chi connectivity index (χ1n) is 3.92. The molecule has 0 heterocycles. The third-order valence-corrected chi connectivity index (χ3v) is 2.08. The molecule has 0 radical (unpaired) electrons. The number of halogens is 5. The van der Waals surface area contributed by atoms with Crippen molar-refractivity contribution in [3.8, 4) is 0 Å². The van der Waals surface area contributed by atoms with Gasteiger partial charge in [-0.1, -0.05) is 11.6 Å². The first kappa shape index (κ1) is 12.8. The number of ether oxygens (including phenoxy) is 1. The zero-order chi connectivity index (χ0) is 12.5. The molecule has 0 aliphatic carbocycles. The zero-order valence-electron chi connectivity index (χ0n) is 7.86. The summed E-state index contributed by atoms with van der Waals surface area (Å²) in [4.78, 5) is 11.0. The highest BCUT2D eigenvalue weighted by Gasteiger charge is 2.35.